The van der Waals surface area contributed by atoms with E-state index in [0.717, 1.165) is 34.0 Å². The van der Waals surface area contributed by atoms with Gasteiger partial charge >= 0.3 is 0 Å². The van der Waals surface area contributed by atoms with Gasteiger partial charge in [-0.05, 0) is 29.8 Å². The Morgan fingerprint density at radius 2 is 1.68 bits per heavy atom. The van der Waals surface area contributed by atoms with E-state index in [0.29, 0.717) is 0 Å². The fraction of sp³-hybridized carbons (Fsp3) is 0.0526. The van der Waals surface area contributed by atoms with Crippen molar-refractivity contribution in [1.82, 2.24) is 24.7 Å². The lowest BCUT2D eigenvalue weighted by atomic mass is 10.1. The fourth-order valence-corrected chi connectivity index (χ4v) is 2.58. The number of nitrogens with one attached hydrogen (secondary N) is 1. The molecule has 0 amide bonds. The molecule has 0 atom stereocenters. The summed E-state index contributed by atoms with van der Waals surface area (Å²) in [5, 5.41) is 11.3. The van der Waals surface area contributed by atoms with Crippen molar-refractivity contribution in [2.24, 2.45) is 7.05 Å². The van der Waals surface area contributed by atoms with E-state index in [1.165, 1.54) is 0 Å². The van der Waals surface area contributed by atoms with Crippen LogP contribution in [-0.2, 0) is 7.05 Å². The molecule has 3 heterocycles. The van der Waals surface area contributed by atoms with Crippen molar-refractivity contribution in [3.8, 4) is 22.5 Å². The maximum Gasteiger partial charge on any atom is 0.163 e. The van der Waals surface area contributed by atoms with Crippen LogP contribution in [0.15, 0.2) is 73.4 Å². The van der Waals surface area contributed by atoms with E-state index >= 15 is 0 Å². The van der Waals surface area contributed by atoms with E-state index in [1.807, 2.05) is 54.2 Å². The Kier molecular flexibility index (Phi) is 3.92. The van der Waals surface area contributed by atoms with Gasteiger partial charge in [0.25, 0.3) is 0 Å². The molecular formula is C19H16N6. The van der Waals surface area contributed by atoms with E-state index < -0.39 is 0 Å². The average Bonchev–Trinajstić information content (AvgIpc) is 3.09. The van der Waals surface area contributed by atoms with E-state index in [9.17, 15) is 0 Å². The minimum absolute atomic E-state index is 0.785. The van der Waals surface area contributed by atoms with Gasteiger partial charge < -0.3 is 9.88 Å². The predicted octanol–water partition coefficient (Wildman–Crippen LogP) is 3.68. The van der Waals surface area contributed by atoms with Crippen LogP contribution in [0.5, 0.6) is 0 Å². The van der Waals surface area contributed by atoms with Crippen molar-refractivity contribution in [2.45, 2.75) is 0 Å². The molecule has 4 rings (SSSR count). The summed E-state index contributed by atoms with van der Waals surface area (Å²) >= 11 is 0. The Morgan fingerprint density at radius 1 is 0.880 bits per heavy atom. The van der Waals surface area contributed by atoms with Crippen LogP contribution in [0.4, 0.5) is 11.5 Å². The number of rotatable bonds is 4. The van der Waals surface area contributed by atoms with Gasteiger partial charge in [0.15, 0.2) is 5.82 Å². The summed E-state index contributed by atoms with van der Waals surface area (Å²) in [5.74, 6) is 1.63. The first-order valence-corrected chi connectivity index (χ1v) is 7.87. The number of anilines is 2. The highest BCUT2D eigenvalue weighted by atomic mass is 15.2. The van der Waals surface area contributed by atoms with Crippen molar-refractivity contribution < 1.29 is 0 Å². The molecule has 0 aliphatic rings. The zero-order valence-corrected chi connectivity index (χ0v) is 13.7. The summed E-state index contributed by atoms with van der Waals surface area (Å²) in [5.41, 5.74) is 4.11. The molecule has 0 unspecified atom stereocenters. The summed E-state index contributed by atoms with van der Waals surface area (Å²) in [4.78, 5) is 8.55. The zero-order valence-electron chi connectivity index (χ0n) is 13.7. The Hall–Kier alpha value is -3.54. The molecule has 0 aliphatic heterocycles. The highest BCUT2D eigenvalue weighted by Gasteiger charge is 2.05. The van der Waals surface area contributed by atoms with Gasteiger partial charge in [-0.15, -0.1) is 10.2 Å². The number of pyridine rings is 2. The molecule has 1 aromatic carbocycles. The van der Waals surface area contributed by atoms with Crippen molar-refractivity contribution in [1.29, 1.82) is 0 Å². The first kappa shape index (κ1) is 15.0. The monoisotopic (exact) mass is 328 g/mol. The summed E-state index contributed by atoms with van der Waals surface area (Å²) < 4.78 is 1.90. The molecule has 0 aliphatic carbocycles. The molecule has 4 aromatic rings. The van der Waals surface area contributed by atoms with Gasteiger partial charge in [0.1, 0.15) is 12.1 Å². The maximum absolute atomic E-state index is 4.47. The third kappa shape index (κ3) is 3.23. The Bertz CT molecular complexity index is 959. The van der Waals surface area contributed by atoms with Gasteiger partial charge in [-0.25, -0.2) is 4.98 Å². The third-order valence-electron chi connectivity index (χ3n) is 3.89. The standard InChI is InChI=1S/C19H16N6/c1-25-13-22-24-19(25)15-6-4-14(5-7-15)16-8-9-18(21-11-16)23-17-3-2-10-20-12-17/h2-13H,1H3,(H,21,23). The Balaban J connectivity index is 1.53. The number of hydrogen-bond acceptors (Lipinski definition) is 5. The molecule has 0 spiro atoms. The topological polar surface area (TPSA) is 68.5 Å². The van der Waals surface area contributed by atoms with Crippen LogP contribution in [0, 0.1) is 0 Å². The molecule has 6 heteroatoms. The van der Waals surface area contributed by atoms with E-state index in [1.54, 1.807) is 18.7 Å². The molecule has 0 bridgehead atoms. The van der Waals surface area contributed by atoms with Gasteiger partial charge in [-0.3, -0.25) is 4.98 Å². The molecule has 0 fully saturated rings. The van der Waals surface area contributed by atoms with Gasteiger partial charge in [0, 0.05) is 30.6 Å². The Morgan fingerprint density at radius 3 is 2.32 bits per heavy atom. The summed E-state index contributed by atoms with van der Waals surface area (Å²) in [7, 11) is 1.93. The average molecular weight is 328 g/mol. The van der Waals surface area contributed by atoms with E-state index in [2.05, 4.69) is 37.6 Å². The third-order valence-corrected chi connectivity index (χ3v) is 3.89. The fourth-order valence-electron chi connectivity index (χ4n) is 2.58. The van der Waals surface area contributed by atoms with Gasteiger partial charge in [0.05, 0.1) is 11.9 Å². The minimum atomic E-state index is 0.785. The smallest absolute Gasteiger partial charge is 0.163 e. The van der Waals surface area contributed by atoms with Crippen LogP contribution in [0.3, 0.4) is 0 Å². The van der Waals surface area contributed by atoms with Crippen LogP contribution in [0.25, 0.3) is 22.5 Å². The Labute approximate surface area is 145 Å². The molecule has 1 N–H and O–H groups in total. The van der Waals surface area contributed by atoms with Crippen molar-refractivity contribution in [3.63, 3.8) is 0 Å². The first-order chi connectivity index (χ1) is 12.3. The number of nitrogens with zero attached hydrogens (tertiary/aromatic N) is 5. The molecule has 25 heavy (non-hydrogen) atoms. The summed E-state index contributed by atoms with van der Waals surface area (Å²) in [6, 6.07) is 16.1. The van der Waals surface area contributed by atoms with Crippen LogP contribution >= 0.6 is 0 Å². The zero-order chi connectivity index (χ0) is 17.1. The lowest BCUT2D eigenvalue weighted by Gasteiger charge is -2.07. The number of aryl methyl sites for hydroxylation is 1. The van der Waals surface area contributed by atoms with Crippen LogP contribution in [-0.4, -0.2) is 24.7 Å². The lowest BCUT2D eigenvalue weighted by Crippen LogP contribution is -1.94. The SMILES string of the molecule is Cn1cnnc1-c1ccc(-c2ccc(Nc3cccnc3)nc2)cc1. The second kappa shape index (κ2) is 6.52. The second-order valence-corrected chi connectivity index (χ2v) is 5.64. The van der Waals surface area contributed by atoms with Crippen molar-refractivity contribution >= 4 is 11.5 Å². The maximum atomic E-state index is 4.47. The van der Waals surface area contributed by atoms with Crippen LogP contribution < -0.4 is 5.32 Å². The minimum Gasteiger partial charge on any atom is -0.339 e. The highest BCUT2D eigenvalue weighted by Crippen LogP contribution is 2.24. The normalized spacial score (nSPS) is 10.6. The van der Waals surface area contributed by atoms with Crippen molar-refractivity contribution in [2.75, 3.05) is 5.32 Å². The molecule has 0 radical (unpaired) electrons. The number of benzene rings is 1. The number of aromatic nitrogens is 5. The van der Waals surface area contributed by atoms with Gasteiger partial charge in [0.2, 0.25) is 0 Å². The predicted molar refractivity (Wildman–Crippen MR) is 97.2 cm³/mol. The summed E-state index contributed by atoms with van der Waals surface area (Å²) in [6.07, 6.45) is 7.06. The van der Waals surface area contributed by atoms with Crippen LogP contribution in [0.2, 0.25) is 0 Å². The quantitative estimate of drug-likeness (QED) is 0.619. The van der Waals surface area contributed by atoms with Crippen LogP contribution in [0.1, 0.15) is 0 Å². The number of hydrogen-bond donors (Lipinski definition) is 1. The van der Waals surface area contributed by atoms with Crippen molar-refractivity contribution in [3.05, 3.63) is 73.4 Å². The van der Waals surface area contributed by atoms with E-state index in [4.69, 9.17) is 0 Å². The molecule has 0 saturated carbocycles. The highest BCUT2D eigenvalue weighted by molar-refractivity contribution is 5.68. The molecule has 3 aromatic heterocycles. The van der Waals surface area contributed by atoms with E-state index in [-0.39, 0.29) is 0 Å². The lowest BCUT2D eigenvalue weighted by molar-refractivity contribution is 0.920. The van der Waals surface area contributed by atoms with Gasteiger partial charge in [-0.2, -0.15) is 0 Å². The largest absolute Gasteiger partial charge is 0.339 e. The molecule has 6 nitrogen and oxygen atoms in total. The second-order valence-electron chi connectivity index (χ2n) is 5.64. The molecule has 122 valence electrons. The molecular weight excluding hydrogens is 312 g/mol. The molecule has 0 saturated heterocycles. The first-order valence-electron chi connectivity index (χ1n) is 7.87. The van der Waals surface area contributed by atoms with Gasteiger partial charge in [-0.1, -0.05) is 24.3 Å². The summed E-state index contributed by atoms with van der Waals surface area (Å²) in [6.45, 7) is 0.